The number of para-hydroxylation sites is 1. The third kappa shape index (κ3) is 4.10. The third-order valence-electron chi connectivity index (χ3n) is 2.32. The Hall–Kier alpha value is -0.730. The Balaban J connectivity index is 0.00000196. The molecule has 0 fully saturated rings. The van der Waals surface area contributed by atoms with Crippen LogP contribution in [0.2, 0.25) is 0 Å². The van der Waals surface area contributed by atoms with Crippen molar-refractivity contribution in [2.45, 2.75) is 20.8 Å². The quantitative estimate of drug-likeness (QED) is 0.862. The number of rotatable bonds is 4. The Morgan fingerprint density at radius 3 is 2.27 bits per heavy atom. The average Bonchev–Trinajstić information content (AvgIpc) is 2.16. The van der Waals surface area contributed by atoms with Gasteiger partial charge < -0.3 is 10.5 Å². The normalized spacial score (nSPS) is 11.7. The number of benzene rings is 1. The van der Waals surface area contributed by atoms with E-state index < -0.39 is 0 Å². The van der Waals surface area contributed by atoms with Crippen molar-refractivity contribution in [1.82, 2.24) is 0 Å². The molecule has 0 saturated carbocycles. The first-order valence-corrected chi connectivity index (χ1v) is 5.04. The fraction of sp³-hybridized carbons (Fsp3) is 0.500. The highest BCUT2D eigenvalue weighted by Crippen LogP contribution is 2.22. The monoisotopic (exact) mass is 229 g/mol. The minimum absolute atomic E-state index is 0. The Morgan fingerprint density at radius 1 is 1.27 bits per heavy atom. The zero-order valence-corrected chi connectivity index (χ0v) is 10.4. The SMILES string of the molecule is Cc1cccc(C)c1OCC(C)CN.Cl. The Bertz CT molecular complexity index is 281. The van der Waals surface area contributed by atoms with Gasteiger partial charge in [-0.25, -0.2) is 0 Å². The van der Waals surface area contributed by atoms with Crippen molar-refractivity contribution in [3.8, 4) is 5.75 Å². The second-order valence-corrected chi connectivity index (χ2v) is 3.87. The van der Waals surface area contributed by atoms with E-state index in [1.54, 1.807) is 0 Å². The van der Waals surface area contributed by atoms with Crippen molar-refractivity contribution in [3.63, 3.8) is 0 Å². The maximum absolute atomic E-state index is 5.74. The van der Waals surface area contributed by atoms with Gasteiger partial charge in [0.2, 0.25) is 0 Å². The summed E-state index contributed by atoms with van der Waals surface area (Å²) in [6.07, 6.45) is 0. The summed E-state index contributed by atoms with van der Waals surface area (Å²) in [4.78, 5) is 0. The first-order valence-electron chi connectivity index (χ1n) is 5.04. The summed E-state index contributed by atoms with van der Waals surface area (Å²) >= 11 is 0. The van der Waals surface area contributed by atoms with E-state index >= 15 is 0 Å². The van der Waals surface area contributed by atoms with Crippen LogP contribution in [0.1, 0.15) is 18.1 Å². The Labute approximate surface area is 98.2 Å². The maximum Gasteiger partial charge on any atom is 0.125 e. The number of hydrogen-bond donors (Lipinski definition) is 1. The van der Waals surface area contributed by atoms with E-state index in [0.29, 0.717) is 19.1 Å². The molecule has 2 nitrogen and oxygen atoms in total. The molecule has 15 heavy (non-hydrogen) atoms. The predicted octanol–water partition coefficient (Wildman–Crippen LogP) is 2.70. The van der Waals surface area contributed by atoms with Crippen molar-refractivity contribution in [2.75, 3.05) is 13.2 Å². The van der Waals surface area contributed by atoms with Gasteiger partial charge in [0.05, 0.1) is 6.61 Å². The molecule has 0 bridgehead atoms. The molecule has 0 aromatic heterocycles. The van der Waals surface area contributed by atoms with Crippen LogP contribution in [0.3, 0.4) is 0 Å². The zero-order chi connectivity index (χ0) is 10.6. The van der Waals surface area contributed by atoms with Gasteiger partial charge in [-0.05, 0) is 31.5 Å². The highest BCUT2D eigenvalue weighted by atomic mass is 35.5. The molecule has 2 N–H and O–H groups in total. The van der Waals surface area contributed by atoms with E-state index in [9.17, 15) is 0 Å². The predicted molar refractivity (Wildman–Crippen MR) is 66.9 cm³/mol. The van der Waals surface area contributed by atoms with Gasteiger partial charge in [-0.3, -0.25) is 0 Å². The van der Waals surface area contributed by atoms with Crippen LogP contribution in [0.15, 0.2) is 18.2 Å². The van der Waals surface area contributed by atoms with E-state index in [2.05, 4.69) is 32.9 Å². The number of ether oxygens (including phenoxy) is 1. The van der Waals surface area contributed by atoms with Crippen LogP contribution in [0.5, 0.6) is 5.75 Å². The van der Waals surface area contributed by atoms with Crippen molar-refractivity contribution >= 4 is 12.4 Å². The van der Waals surface area contributed by atoms with Gasteiger partial charge in [-0.15, -0.1) is 12.4 Å². The fourth-order valence-electron chi connectivity index (χ4n) is 1.32. The third-order valence-corrected chi connectivity index (χ3v) is 2.32. The van der Waals surface area contributed by atoms with Gasteiger partial charge in [0, 0.05) is 5.92 Å². The van der Waals surface area contributed by atoms with Crippen LogP contribution in [0.4, 0.5) is 0 Å². The first kappa shape index (κ1) is 14.3. The molecular formula is C12H20ClNO. The molecule has 0 spiro atoms. The van der Waals surface area contributed by atoms with Crippen molar-refractivity contribution < 1.29 is 4.74 Å². The lowest BCUT2D eigenvalue weighted by molar-refractivity contribution is 0.261. The fourth-order valence-corrected chi connectivity index (χ4v) is 1.32. The van der Waals surface area contributed by atoms with Gasteiger partial charge in [0.15, 0.2) is 0 Å². The highest BCUT2D eigenvalue weighted by molar-refractivity contribution is 5.85. The summed E-state index contributed by atoms with van der Waals surface area (Å²) in [5.74, 6) is 1.42. The minimum Gasteiger partial charge on any atom is -0.493 e. The summed E-state index contributed by atoms with van der Waals surface area (Å²) in [6, 6.07) is 6.18. The van der Waals surface area contributed by atoms with Crippen molar-refractivity contribution in [1.29, 1.82) is 0 Å². The average molecular weight is 230 g/mol. The smallest absolute Gasteiger partial charge is 0.125 e. The molecule has 0 heterocycles. The molecule has 0 saturated heterocycles. The molecule has 1 rings (SSSR count). The molecule has 86 valence electrons. The number of aryl methyl sites for hydroxylation is 2. The van der Waals surface area contributed by atoms with Crippen LogP contribution in [0, 0.1) is 19.8 Å². The van der Waals surface area contributed by atoms with E-state index in [1.807, 2.05) is 6.07 Å². The Morgan fingerprint density at radius 2 is 1.80 bits per heavy atom. The van der Waals surface area contributed by atoms with Crippen molar-refractivity contribution in [2.24, 2.45) is 11.7 Å². The van der Waals surface area contributed by atoms with Gasteiger partial charge >= 0.3 is 0 Å². The number of hydrogen-bond acceptors (Lipinski definition) is 2. The van der Waals surface area contributed by atoms with Gasteiger partial charge in [0.1, 0.15) is 5.75 Å². The molecule has 0 aliphatic rings. The van der Waals surface area contributed by atoms with Crippen LogP contribution in [0.25, 0.3) is 0 Å². The van der Waals surface area contributed by atoms with Gasteiger partial charge in [-0.1, -0.05) is 25.1 Å². The zero-order valence-electron chi connectivity index (χ0n) is 9.62. The second kappa shape index (κ2) is 6.70. The lowest BCUT2D eigenvalue weighted by Crippen LogP contribution is -2.18. The molecule has 0 aliphatic heterocycles. The lowest BCUT2D eigenvalue weighted by atomic mass is 10.1. The summed E-state index contributed by atoms with van der Waals surface area (Å²) in [7, 11) is 0. The topological polar surface area (TPSA) is 35.2 Å². The molecule has 3 heteroatoms. The maximum atomic E-state index is 5.74. The first-order chi connectivity index (χ1) is 6.65. The van der Waals surface area contributed by atoms with E-state index in [4.69, 9.17) is 10.5 Å². The molecule has 0 amide bonds. The Kier molecular flexibility index (Phi) is 6.37. The van der Waals surface area contributed by atoms with Crippen LogP contribution in [-0.2, 0) is 0 Å². The molecule has 1 aromatic carbocycles. The van der Waals surface area contributed by atoms with Crippen LogP contribution in [-0.4, -0.2) is 13.2 Å². The molecule has 0 radical (unpaired) electrons. The van der Waals surface area contributed by atoms with E-state index in [1.165, 1.54) is 11.1 Å². The summed E-state index contributed by atoms with van der Waals surface area (Å²) in [5.41, 5.74) is 7.91. The molecule has 1 unspecified atom stereocenters. The molecule has 0 aliphatic carbocycles. The highest BCUT2D eigenvalue weighted by Gasteiger charge is 2.05. The molecule has 1 atom stereocenters. The summed E-state index contributed by atoms with van der Waals surface area (Å²) in [5, 5.41) is 0. The van der Waals surface area contributed by atoms with Crippen molar-refractivity contribution in [3.05, 3.63) is 29.3 Å². The van der Waals surface area contributed by atoms with E-state index in [-0.39, 0.29) is 12.4 Å². The van der Waals surface area contributed by atoms with E-state index in [0.717, 1.165) is 5.75 Å². The summed E-state index contributed by atoms with van der Waals surface area (Å²) < 4.78 is 5.74. The summed E-state index contributed by atoms with van der Waals surface area (Å²) in [6.45, 7) is 7.59. The minimum atomic E-state index is 0. The van der Waals surface area contributed by atoms with Crippen LogP contribution < -0.4 is 10.5 Å². The molecule has 1 aromatic rings. The molecular weight excluding hydrogens is 210 g/mol. The lowest BCUT2D eigenvalue weighted by Gasteiger charge is -2.14. The van der Waals surface area contributed by atoms with Gasteiger partial charge in [0.25, 0.3) is 0 Å². The number of halogens is 1. The second-order valence-electron chi connectivity index (χ2n) is 3.87. The van der Waals surface area contributed by atoms with Gasteiger partial charge in [-0.2, -0.15) is 0 Å². The largest absolute Gasteiger partial charge is 0.493 e. The van der Waals surface area contributed by atoms with Crippen LogP contribution >= 0.6 is 12.4 Å². The standard InChI is InChI=1S/C12H19NO.ClH/c1-9(7-13)8-14-12-10(2)5-4-6-11(12)3;/h4-6,9H,7-8,13H2,1-3H3;1H. The number of nitrogens with two attached hydrogens (primary N) is 1.